The van der Waals surface area contributed by atoms with Crippen molar-refractivity contribution in [2.45, 2.75) is 26.6 Å². The minimum absolute atomic E-state index is 0.129. The summed E-state index contributed by atoms with van der Waals surface area (Å²) in [6.07, 6.45) is 0. The highest BCUT2D eigenvalue weighted by Gasteiger charge is 2.15. The van der Waals surface area contributed by atoms with E-state index in [1.807, 2.05) is 24.3 Å². The number of morpholine rings is 1. The van der Waals surface area contributed by atoms with Crippen LogP contribution in [0.4, 0.5) is 0 Å². The van der Waals surface area contributed by atoms with E-state index in [0.717, 1.165) is 38.4 Å². The minimum atomic E-state index is -0.193. The van der Waals surface area contributed by atoms with E-state index in [0.29, 0.717) is 29.6 Å². The molecule has 0 spiro atoms. The molecule has 1 N–H and O–H groups in total. The standard InChI is InChI=1S/C23H26N4O4/c1-17-25-22(26-31-17)16-30-21-9-5-4-8-20(21)23(28)24-14-18-6-2-3-7-19(18)15-27-10-12-29-13-11-27/h2-9H,10-16H2,1H3,(H,24,28). The van der Waals surface area contributed by atoms with Gasteiger partial charge in [0.05, 0.1) is 18.8 Å². The van der Waals surface area contributed by atoms with Crippen LogP contribution >= 0.6 is 0 Å². The molecule has 2 aromatic carbocycles. The van der Waals surface area contributed by atoms with E-state index >= 15 is 0 Å². The average molecular weight is 422 g/mol. The number of para-hydroxylation sites is 1. The van der Waals surface area contributed by atoms with Crippen molar-refractivity contribution in [2.75, 3.05) is 26.3 Å². The number of ether oxygens (including phenoxy) is 2. The molecule has 1 fully saturated rings. The van der Waals surface area contributed by atoms with Crippen LogP contribution in [-0.2, 0) is 24.4 Å². The molecule has 31 heavy (non-hydrogen) atoms. The third-order valence-electron chi connectivity index (χ3n) is 5.11. The molecule has 0 saturated carbocycles. The topological polar surface area (TPSA) is 89.7 Å². The Balaban J connectivity index is 1.39. The van der Waals surface area contributed by atoms with E-state index in [4.69, 9.17) is 14.0 Å². The molecule has 4 rings (SSSR count). The maximum Gasteiger partial charge on any atom is 0.255 e. The van der Waals surface area contributed by atoms with Crippen molar-refractivity contribution < 1.29 is 18.8 Å². The van der Waals surface area contributed by atoms with Gasteiger partial charge in [0.15, 0.2) is 6.61 Å². The van der Waals surface area contributed by atoms with Crippen molar-refractivity contribution in [1.29, 1.82) is 0 Å². The maximum absolute atomic E-state index is 12.9. The second-order valence-corrected chi connectivity index (χ2v) is 7.35. The van der Waals surface area contributed by atoms with Crippen LogP contribution in [0.2, 0.25) is 0 Å². The van der Waals surface area contributed by atoms with E-state index in [1.54, 1.807) is 19.1 Å². The second kappa shape index (κ2) is 10.2. The predicted octanol–water partition coefficient (Wildman–Crippen LogP) is 2.72. The normalized spacial score (nSPS) is 14.4. The van der Waals surface area contributed by atoms with Gasteiger partial charge in [0, 0.05) is 33.1 Å². The molecule has 1 aromatic heterocycles. The highest BCUT2D eigenvalue weighted by molar-refractivity contribution is 5.96. The van der Waals surface area contributed by atoms with Gasteiger partial charge in [0.25, 0.3) is 5.91 Å². The summed E-state index contributed by atoms with van der Waals surface area (Å²) in [4.78, 5) is 19.4. The Morgan fingerprint density at radius 3 is 2.61 bits per heavy atom. The summed E-state index contributed by atoms with van der Waals surface area (Å²) in [5, 5.41) is 6.84. The molecule has 1 aliphatic rings. The molecule has 1 saturated heterocycles. The van der Waals surface area contributed by atoms with Gasteiger partial charge in [-0.15, -0.1) is 0 Å². The molecule has 0 unspecified atom stereocenters. The summed E-state index contributed by atoms with van der Waals surface area (Å²) in [5.74, 6) is 1.19. The molecule has 162 valence electrons. The lowest BCUT2D eigenvalue weighted by Crippen LogP contribution is -2.36. The summed E-state index contributed by atoms with van der Waals surface area (Å²) in [6.45, 7) is 6.50. The highest BCUT2D eigenvalue weighted by atomic mass is 16.5. The third kappa shape index (κ3) is 5.68. The lowest BCUT2D eigenvalue weighted by molar-refractivity contribution is 0.0340. The van der Waals surface area contributed by atoms with E-state index in [2.05, 4.69) is 32.5 Å². The zero-order valence-electron chi connectivity index (χ0n) is 17.5. The van der Waals surface area contributed by atoms with Gasteiger partial charge < -0.3 is 19.3 Å². The molecule has 0 aliphatic carbocycles. The Kier molecular flexibility index (Phi) is 6.91. The number of nitrogens with one attached hydrogen (secondary N) is 1. The van der Waals surface area contributed by atoms with Gasteiger partial charge in [-0.3, -0.25) is 9.69 Å². The molecule has 0 bridgehead atoms. The molecule has 2 heterocycles. The van der Waals surface area contributed by atoms with Gasteiger partial charge in [-0.2, -0.15) is 4.98 Å². The monoisotopic (exact) mass is 422 g/mol. The second-order valence-electron chi connectivity index (χ2n) is 7.35. The number of carbonyl (C=O) groups excluding carboxylic acids is 1. The third-order valence-corrected chi connectivity index (χ3v) is 5.11. The van der Waals surface area contributed by atoms with Gasteiger partial charge in [-0.1, -0.05) is 41.6 Å². The van der Waals surface area contributed by atoms with E-state index in [1.165, 1.54) is 5.56 Å². The number of amides is 1. The van der Waals surface area contributed by atoms with Crippen molar-refractivity contribution >= 4 is 5.91 Å². The number of nitrogens with zero attached hydrogens (tertiary/aromatic N) is 3. The Bertz CT molecular complexity index is 1010. The van der Waals surface area contributed by atoms with E-state index in [9.17, 15) is 4.79 Å². The zero-order valence-corrected chi connectivity index (χ0v) is 17.5. The Morgan fingerprint density at radius 2 is 1.84 bits per heavy atom. The summed E-state index contributed by atoms with van der Waals surface area (Å²) < 4.78 is 16.2. The summed E-state index contributed by atoms with van der Waals surface area (Å²) >= 11 is 0. The van der Waals surface area contributed by atoms with Crippen LogP contribution in [-0.4, -0.2) is 47.3 Å². The molecule has 8 nitrogen and oxygen atoms in total. The quantitative estimate of drug-likeness (QED) is 0.597. The number of benzene rings is 2. The molecular weight excluding hydrogens is 396 g/mol. The molecule has 1 aliphatic heterocycles. The maximum atomic E-state index is 12.9. The molecule has 1 amide bonds. The van der Waals surface area contributed by atoms with Crippen molar-refractivity contribution in [3.8, 4) is 5.75 Å². The molecule has 3 aromatic rings. The van der Waals surface area contributed by atoms with Crippen molar-refractivity contribution in [2.24, 2.45) is 0 Å². The van der Waals surface area contributed by atoms with E-state index in [-0.39, 0.29) is 12.5 Å². The molecule has 0 atom stereocenters. The largest absolute Gasteiger partial charge is 0.485 e. The van der Waals surface area contributed by atoms with Crippen molar-refractivity contribution in [3.63, 3.8) is 0 Å². The van der Waals surface area contributed by atoms with Gasteiger partial charge in [0.1, 0.15) is 5.75 Å². The molecular formula is C23H26N4O4. The predicted molar refractivity (Wildman–Crippen MR) is 114 cm³/mol. The Labute approximate surface area is 181 Å². The SMILES string of the molecule is Cc1nc(COc2ccccc2C(=O)NCc2ccccc2CN2CCOCC2)no1. The number of carbonyl (C=O) groups is 1. The Hall–Kier alpha value is -3.23. The van der Waals surface area contributed by atoms with Crippen molar-refractivity contribution in [1.82, 2.24) is 20.4 Å². The minimum Gasteiger partial charge on any atom is -0.485 e. The summed E-state index contributed by atoms with van der Waals surface area (Å²) in [5.41, 5.74) is 2.78. The van der Waals surface area contributed by atoms with Crippen LogP contribution in [0.3, 0.4) is 0 Å². The van der Waals surface area contributed by atoms with Gasteiger partial charge in [-0.25, -0.2) is 0 Å². The molecule has 0 radical (unpaired) electrons. The summed E-state index contributed by atoms with van der Waals surface area (Å²) in [6, 6.07) is 15.3. The zero-order chi connectivity index (χ0) is 21.5. The number of hydrogen-bond acceptors (Lipinski definition) is 7. The Morgan fingerprint density at radius 1 is 1.10 bits per heavy atom. The first kappa shape index (κ1) is 21.0. The molecule has 8 heteroatoms. The number of aryl methyl sites for hydroxylation is 1. The van der Waals surface area contributed by atoms with Crippen LogP contribution in [0.25, 0.3) is 0 Å². The van der Waals surface area contributed by atoms with Gasteiger partial charge in [-0.05, 0) is 23.3 Å². The number of aromatic nitrogens is 2. The van der Waals surface area contributed by atoms with Crippen LogP contribution in [0.1, 0.15) is 33.2 Å². The fourth-order valence-corrected chi connectivity index (χ4v) is 3.48. The van der Waals surface area contributed by atoms with Crippen molar-refractivity contribution in [3.05, 3.63) is 76.9 Å². The fraction of sp³-hybridized carbons (Fsp3) is 0.348. The first-order valence-corrected chi connectivity index (χ1v) is 10.3. The van der Waals surface area contributed by atoms with Gasteiger partial charge >= 0.3 is 0 Å². The van der Waals surface area contributed by atoms with E-state index < -0.39 is 0 Å². The first-order chi connectivity index (χ1) is 15.2. The first-order valence-electron chi connectivity index (χ1n) is 10.3. The summed E-state index contributed by atoms with van der Waals surface area (Å²) in [7, 11) is 0. The fourth-order valence-electron chi connectivity index (χ4n) is 3.48. The highest BCUT2D eigenvalue weighted by Crippen LogP contribution is 2.20. The van der Waals surface area contributed by atoms with Crippen LogP contribution in [0.5, 0.6) is 5.75 Å². The van der Waals surface area contributed by atoms with Crippen LogP contribution in [0.15, 0.2) is 53.1 Å². The lowest BCUT2D eigenvalue weighted by Gasteiger charge is -2.27. The smallest absolute Gasteiger partial charge is 0.255 e. The number of rotatable bonds is 8. The van der Waals surface area contributed by atoms with Crippen LogP contribution in [0, 0.1) is 6.92 Å². The average Bonchev–Trinajstić information content (AvgIpc) is 3.23. The lowest BCUT2D eigenvalue weighted by atomic mass is 10.1. The van der Waals surface area contributed by atoms with Gasteiger partial charge in [0.2, 0.25) is 11.7 Å². The number of hydrogen-bond donors (Lipinski definition) is 1. The van der Waals surface area contributed by atoms with Crippen LogP contribution < -0.4 is 10.1 Å².